The highest BCUT2D eigenvalue weighted by molar-refractivity contribution is 7.11. The first-order valence-electron chi connectivity index (χ1n) is 5.40. The van der Waals surface area contributed by atoms with Gasteiger partial charge in [0.2, 0.25) is 0 Å². The molecule has 1 aromatic heterocycles. The fraction of sp³-hybridized carbons (Fsp3) is 0.600. The van der Waals surface area contributed by atoms with Crippen molar-refractivity contribution in [1.29, 1.82) is 0 Å². The maximum atomic E-state index is 11.9. The molecule has 0 aliphatic carbocycles. The third-order valence-corrected chi connectivity index (χ3v) is 3.03. The van der Waals surface area contributed by atoms with Gasteiger partial charge in [0.25, 0.3) is 5.54 Å². The van der Waals surface area contributed by atoms with Gasteiger partial charge in [0.05, 0.1) is 13.2 Å². The lowest BCUT2D eigenvalue weighted by atomic mass is 10.0. The highest BCUT2D eigenvalue weighted by Crippen LogP contribution is 2.25. The first-order chi connectivity index (χ1) is 8.46. The van der Waals surface area contributed by atoms with E-state index in [2.05, 4.69) is 10.2 Å². The molecule has 0 unspecified atom stereocenters. The summed E-state index contributed by atoms with van der Waals surface area (Å²) in [5.41, 5.74) is 3.81. The smallest absolute Gasteiger partial charge is 0.345 e. The average molecular weight is 273 g/mol. The van der Waals surface area contributed by atoms with Crippen molar-refractivity contribution in [2.75, 3.05) is 13.2 Å². The predicted molar refractivity (Wildman–Crippen MR) is 63.8 cm³/mol. The summed E-state index contributed by atoms with van der Waals surface area (Å²) >= 11 is 1.05. The first-order valence-corrected chi connectivity index (χ1v) is 6.22. The first kappa shape index (κ1) is 14.5. The molecule has 0 bridgehead atoms. The highest BCUT2D eigenvalue weighted by atomic mass is 32.1. The van der Waals surface area contributed by atoms with Crippen molar-refractivity contribution in [3.8, 4) is 0 Å². The maximum absolute atomic E-state index is 11.9. The van der Waals surface area contributed by atoms with Gasteiger partial charge in [0.15, 0.2) is 5.01 Å². The molecular formula is C10H15N3O4S. The molecule has 100 valence electrons. The van der Waals surface area contributed by atoms with Gasteiger partial charge in [-0.05, 0) is 20.8 Å². The van der Waals surface area contributed by atoms with E-state index in [-0.39, 0.29) is 18.2 Å². The summed E-state index contributed by atoms with van der Waals surface area (Å²) in [5, 5.41) is 8.13. The van der Waals surface area contributed by atoms with Crippen LogP contribution in [0.25, 0.3) is 0 Å². The molecule has 0 fully saturated rings. The van der Waals surface area contributed by atoms with Crippen LogP contribution in [0.15, 0.2) is 0 Å². The maximum Gasteiger partial charge on any atom is 0.345 e. The van der Waals surface area contributed by atoms with Crippen LogP contribution in [0.1, 0.15) is 23.9 Å². The van der Waals surface area contributed by atoms with E-state index in [1.54, 1.807) is 20.8 Å². The fourth-order valence-electron chi connectivity index (χ4n) is 1.20. The Bertz CT molecular complexity index is 428. The number of esters is 2. The van der Waals surface area contributed by atoms with Gasteiger partial charge in [-0.15, -0.1) is 10.2 Å². The minimum Gasteiger partial charge on any atom is -0.464 e. The molecule has 0 aliphatic rings. The number of rotatable bonds is 5. The number of aromatic nitrogens is 2. The molecule has 1 rings (SSSR count). The Labute approximate surface area is 108 Å². The largest absolute Gasteiger partial charge is 0.464 e. The van der Waals surface area contributed by atoms with Gasteiger partial charge in [-0.2, -0.15) is 0 Å². The normalized spacial score (nSPS) is 11.1. The number of carbonyl (C=O) groups is 2. The van der Waals surface area contributed by atoms with Gasteiger partial charge >= 0.3 is 11.9 Å². The van der Waals surface area contributed by atoms with Crippen molar-refractivity contribution in [1.82, 2.24) is 10.2 Å². The zero-order chi connectivity index (χ0) is 13.8. The zero-order valence-electron chi connectivity index (χ0n) is 10.4. The summed E-state index contributed by atoms with van der Waals surface area (Å²) in [6, 6.07) is 0. The van der Waals surface area contributed by atoms with Crippen molar-refractivity contribution < 1.29 is 19.1 Å². The van der Waals surface area contributed by atoms with Crippen LogP contribution in [0.5, 0.6) is 0 Å². The van der Waals surface area contributed by atoms with Crippen molar-refractivity contribution in [3.63, 3.8) is 0 Å². The Morgan fingerprint density at radius 3 is 2.06 bits per heavy atom. The van der Waals surface area contributed by atoms with Crippen molar-refractivity contribution >= 4 is 23.3 Å². The summed E-state index contributed by atoms with van der Waals surface area (Å²) in [7, 11) is 0. The number of nitrogens with zero attached hydrogens (tertiary/aromatic N) is 2. The number of hydrogen-bond acceptors (Lipinski definition) is 8. The molecule has 2 N–H and O–H groups in total. The molecule has 1 heterocycles. The second kappa shape index (κ2) is 5.87. The zero-order valence-corrected chi connectivity index (χ0v) is 11.2. The lowest BCUT2D eigenvalue weighted by Gasteiger charge is -2.21. The van der Waals surface area contributed by atoms with E-state index in [9.17, 15) is 9.59 Å². The number of ether oxygens (including phenoxy) is 2. The Hall–Kier alpha value is -1.54. The lowest BCUT2D eigenvalue weighted by Crippen LogP contribution is -2.53. The van der Waals surface area contributed by atoms with E-state index in [0.717, 1.165) is 11.3 Å². The summed E-state index contributed by atoms with van der Waals surface area (Å²) in [6.45, 7) is 5.14. The minimum atomic E-state index is -2.04. The molecule has 0 radical (unpaired) electrons. The average Bonchev–Trinajstić information content (AvgIpc) is 2.75. The SMILES string of the molecule is CCOC(=O)C(N)(C(=O)OCC)c1nnc(C)s1. The van der Waals surface area contributed by atoms with Crippen LogP contribution in [-0.4, -0.2) is 35.3 Å². The number of carbonyl (C=O) groups excluding carboxylic acids is 2. The van der Waals surface area contributed by atoms with Gasteiger partial charge < -0.3 is 15.2 Å². The van der Waals surface area contributed by atoms with Crippen LogP contribution in [-0.2, 0) is 24.6 Å². The third kappa shape index (κ3) is 2.65. The monoisotopic (exact) mass is 273 g/mol. The Morgan fingerprint density at radius 2 is 1.72 bits per heavy atom. The number of nitrogens with two attached hydrogens (primary N) is 1. The van der Waals surface area contributed by atoms with E-state index in [4.69, 9.17) is 15.2 Å². The van der Waals surface area contributed by atoms with E-state index < -0.39 is 17.5 Å². The van der Waals surface area contributed by atoms with Gasteiger partial charge in [-0.3, -0.25) is 0 Å². The fourth-order valence-corrected chi connectivity index (χ4v) is 1.97. The highest BCUT2D eigenvalue weighted by Gasteiger charge is 2.50. The van der Waals surface area contributed by atoms with Crippen molar-refractivity contribution in [3.05, 3.63) is 10.0 Å². The molecular weight excluding hydrogens is 258 g/mol. The van der Waals surface area contributed by atoms with Crippen molar-refractivity contribution in [2.45, 2.75) is 26.3 Å². The molecule has 0 aliphatic heterocycles. The molecule has 0 saturated heterocycles. The van der Waals surface area contributed by atoms with E-state index in [0.29, 0.717) is 5.01 Å². The molecule has 0 saturated carbocycles. The summed E-state index contributed by atoms with van der Waals surface area (Å²) < 4.78 is 9.62. The minimum absolute atomic E-state index is 0.0666. The molecule has 18 heavy (non-hydrogen) atoms. The van der Waals surface area contributed by atoms with Gasteiger partial charge in [-0.1, -0.05) is 11.3 Å². The van der Waals surface area contributed by atoms with Crippen molar-refractivity contribution in [2.24, 2.45) is 5.73 Å². The van der Waals surface area contributed by atoms with E-state index in [1.807, 2.05) is 0 Å². The molecule has 8 heteroatoms. The second-order valence-corrected chi connectivity index (χ2v) is 4.56. The third-order valence-electron chi connectivity index (χ3n) is 2.06. The lowest BCUT2D eigenvalue weighted by molar-refractivity contribution is -0.164. The predicted octanol–water partition coefficient (Wildman–Crippen LogP) is 0.127. The van der Waals surface area contributed by atoms with Crippen LogP contribution in [0.4, 0.5) is 0 Å². The van der Waals surface area contributed by atoms with Crippen LogP contribution in [0.3, 0.4) is 0 Å². The molecule has 0 amide bonds. The quantitative estimate of drug-likeness (QED) is 0.600. The topological polar surface area (TPSA) is 104 Å². The van der Waals surface area contributed by atoms with Crippen LogP contribution in [0, 0.1) is 6.92 Å². The molecule has 0 aromatic carbocycles. The summed E-state index contributed by atoms with van der Waals surface area (Å²) in [4.78, 5) is 23.8. The summed E-state index contributed by atoms with van der Waals surface area (Å²) in [5.74, 6) is -1.78. The molecule has 0 spiro atoms. The standard InChI is InChI=1S/C10H15N3O4S/c1-4-16-8(14)10(11,9(15)17-5-2)7-13-12-6(3)18-7/h4-5,11H2,1-3H3. The molecule has 7 nitrogen and oxygen atoms in total. The van der Waals surface area contributed by atoms with Gasteiger partial charge in [0.1, 0.15) is 5.01 Å². The van der Waals surface area contributed by atoms with Crippen LogP contribution in [0.2, 0.25) is 0 Å². The Balaban J connectivity index is 3.16. The van der Waals surface area contributed by atoms with Gasteiger partial charge in [0, 0.05) is 0 Å². The second-order valence-electron chi connectivity index (χ2n) is 3.38. The number of hydrogen-bond donors (Lipinski definition) is 1. The van der Waals surface area contributed by atoms with E-state index >= 15 is 0 Å². The van der Waals surface area contributed by atoms with Crippen LogP contribution < -0.4 is 5.73 Å². The van der Waals surface area contributed by atoms with E-state index in [1.165, 1.54) is 0 Å². The number of aryl methyl sites for hydroxylation is 1. The molecule has 1 aromatic rings. The Kier molecular flexibility index (Phi) is 4.74. The van der Waals surface area contributed by atoms with Crippen LogP contribution >= 0.6 is 11.3 Å². The summed E-state index contributed by atoms with van der Waals surface area (Å²) in [6.07, 6.45) is 0. The van der Waals surface area contributed by atoms with Gasteiger partial charge in [-0.25, -0.2) is 9.59 Å². The molecule has 0 atom stereocenters. The Morgan fingerprint density at radius 1 is 1.22 bits per heavy atom.